The van der Waals surface area contributed by atoms with Gasteiger partial charge in [0.2, 0.25) is 5.91 Å². The molecule has 37 heavy (non-hydrogen) atoms. The number of hydrogen-bond acceptors (Lipinski definition) is 7. The fraction of sp³-hybridized carbons (Fsp3) is 0.148. The zero-order valence-corrected chi connectivity index (χ0v) is 20.1. The highest BCUT2D eigenvalue weighted by Crippen LogP contribution is 2.32. The van der Waals surface area contributed by atoms with Crippen molar-refractivity contribution in [3.05, 3.63) is 67.6 Å². The van der Waals surface area contributed by atoms with E-state index < -0.39 is 0 Å². The number of H-pyrrole nitrogens is 2. The first-order valence-electron chi connectivity index (χ1n) is 12.0. The minimum Gasteiger partial charge on any atom is -0.335 e. The van der Waals surface area contributed by atoms with Gasteiger partial charge >= 0.3 is 0 Å². The lowest BCUT2D eigenvalue weighted by molar-refractivity contribution is -0.116. The standard InChI is InChI=1S/C27H23N9O/c1-2-3-6-23(37)32-19-8-17(11-29-13-19)18-9-20-25(35-36-26(20)31-12-18)27-33-22-15-30-14-21(24(22)34-27)16-5-4-7-28-10-16/h4-5,7-15H,2-3,6H2,1H3,(H,32,37)(H,33,34)(H,31,35,36). The normalized spacial score (nSPS) is 11.3. The van der Waals surface area contributed by atoms with Crippen molar-refractivity contribution in [2.75, 3.05) is 5.32 Å². The van der Waals surface area contributed by atoms with Crippen molar-refractivity contribution >= 4 is 33.7 Å². The van der Waals surface area contributed by atoms with Crippen LogP contribution in [0.25, 0.3) is 55.8 Å². The Bertz CT molecular complexity index is 1720. The van der Waals surface area contributed by atoms with Crippen molar-refractivity contribution < 1.29 is 4.79 Å². The van der Waals surface area contributed by atoms with Gasteiger partial charge in [0.25, 0.3) is 0 Å². The van der Waals surface area contributed by atoms with Gasteiger partial charge in [-0.1, -0.05) is 19.4 Å². The molecule has 0 bridgehead atoms. The molecule has 10 heteroatoms. The predicted molar refractivity (Wildman–Crippen MR) is 141 cm³/mol. The van der Waals surface area contributed by atoms with Crippen molar-refractivity contribution in [2.24, 2.45) is 0 Å². The Hall–Kier alpha value is -4.99. The highest BCUT2D eigenvalue weighted by molar-refractivity contribution is 5.97. The summed E-state index contributed by atoms with van der Waals surface area (Å²) in [6.45, 7) is 2.06. The molecule has 0 spiro atoms. The second-order valence-electron chi connectivity index (χ2n) is 8.72. The van der Waals surface area contributed by atoms with Crippen molar-refractivity contribution in [2.45, 2.75) is 26.2 Å². The number of fused-ring (bicyclic) bond motifs is 2. The SMILES string of the molecule is CCCCC(=O)Nc1cncc(-c2cnc3[nH]nc(-c4nc5c(-c6cccnc6)cncc5[nH]4)c3c2)c1. The summed E-state index contributed by atoms with van der Waals surface area (Å²) in [6.07, 6.45) is 14.5. The number of nitrogens with zero attached hydrogens (tertiary/aromatic N) is 6. The van der Waals surface area contributed by atoms with Crippen LogP contribution in [-0.2, 0) is 4.79 Å². The molecule has 1 amide bonds. The quantitative estimate of drug-likeness (QED) is 0.282. The van der Waals surface area contributed by atoms with Crippen LogP contribution in [0.1, 0.15) is 26.2 Å². The van der Waals surface area contributed by atoms with E-state index >= 15 is 0 Å². The van der Waals surface area contributed by atoms with E-state index in [1.54, 1.807) is 43.4 Å². The molecular weight excluding hydrogens is 466 g/mol. The highest BCUT2D eigenvalue weighted by atomic mass is 16.1. The summed E-state index contributed by atoms with van der Waals surface area (Å²) >= 11 is 0. The van der Waals surface area contributed by atoms with E-state index in [1.165, 1.54) is 0 Å². The Balaban J connectivity index is 1.37. The van der Waals surface area contributed by atoms with Gasteiger partial charge in [0, 0.05) is 59.7 Å². The van der Waals surface area contributed by atoms with Gasteiger partial charge in [-0.25, -0.2) is 9.97 Å². The summed E-state index contributed by atoms with van der Waals surface area (Å²) in [6, 6.07) is 7.75. The molecule has 6 heterocycles. The molecule has 0 aliphatic carbocycles. The lowest BCUT2D eigenvalue weighted by atomic mass is 10.1. The molecule has 3 N–H and O–H groups in total. The van der Waals surface area contributed by atoms with Gasteiger partial charge in [-0.15, -0.1) is 0 Å². The number of unbranched alkanes of at least 4 members (excludes halogenated alkanes) is 1. The van der Waals surface area contributed by atoms with E-state index in [1.807, 2.05) is 24.3 Å². The second-order valence-corrected chi connectivity index (χ2v) is 8.72. The summed E-state index contributed by atoms with van der Waals surface area (Å²) in [4.78, 5) is 37.8. The van der Waals surface area contributed by atoms with Crippen LogP contribution >= 0.6 is 0 Å². The summed E-state index contributed by atoms with van der Waals surface area (Å²) in [5, 5.41) is 11.2. The Labute approximate surface area is 211 Å². The Kier molecular flexibility index (Phi) is 5.81. The van der Waals surface area contributed by atoms with Gasteiger partial charge in [-0.05, 0) is 24.6 Å². The van der Waals surface area contributed by atoms with Crippen LogP contribution in [0.5, 0.6) is 0 Å². The molecule has 6 aromatic rings. The number of anilines is 1. The van der Waals surface area contributed by atoms with E-state index in [2.05, 4.69) is 47.4 Å². The smallest absolute Gasteiger partial charge is 0.224 e. The number of aromatic amines is 2. The molecule has 0 saturated heterocycles. The van der Waals surface area contributed by atoms with Crippen molar-refractivity contribution in [1.29, 1.82) is 0 Å². The van der Waals surface area contributed by atoms with Crippen LogP contribution in [0, 0.1) is 0 Å². The number of nitrogens with one attached hydrogen (secondary N) is 3. The molecule has 0 aliphatic rings. The van der Waals surface area contributed by atoms with Gasteiger partial charge in [0.15, 0.2) is 11.5 Å². The number of carbonyl (C=O) groups excluding carboxylic acids is 1. The van der Waals surface area contributed by atoms with Gasteiger partial charge in [-0.2, -0.15) is 5.10 Å². The Morgan fingerprint density at radius 1 is 0.973 bits per heavy atom. The van der Waals surface area contributed by atoms with Gasteiger partial charge in [0.05, 0.1) is 29.0 Å². The minimum absolute atomic E-state index is 0.0171. The summed E-state index contributed by atoms with van der Waals surface area (Å²) in [5.41, 5.74) is 7.03. The molecule has 0 aliphatic heterocycles. The third-order valence-corrected chi connectivity index (χ3v) is 6.12. The van der Waals surface area contributed by atoms with Crippen LogP contribution < -0.4 is 5.32 Å². The molecular formula is C27H23N9O. The zero-order valence-electron chi connectivity index (χ0n) is 20.1. The number of pyridine rings is 4. The summed E-state index contributed by atoms with van der Waals surface area (Å²) in [7, 11) is 0. The third kappa shape index (κ3) is 4.40. The predicted octanol–water partition coefficient (Wildman–Crippen LogP) is 5.15. The summed E-state index contributed by atoms with van der Waals surface area (Å²) in [5.74, 6) is 0.588. The van der Waals surface area contributed by atoms with Crippen LogP contribution in [0.3, 0.4) is 0 Å². The molecule has 0 unspecified atom stereocenters. The molecule has 6 rings (SSSR count). The van der Waals surface area contributed by atoms with E-state index in [0.29, 0.717) is 29.3 Å². The van der Waals surface area contributed by atoms with Gasteiger partial charge in [0.1, 0.15) is 11.2 Å². The Morgan fingerprint density at radius 3 is 2.70 bits per heavy atom. The number of aromatic nitrogens is 8. The number of carbonyl (C=O) groups is 1. The first-order chi connectivity index (χ1) is 18.2. The van der Waals surface area contributed by atoms with E-state index in [4.69, 9.17) is 4.98 Å². The monoisotopic (exact) mass is 489 g/mol. The molecule has 10 nitrogen and oxygen atoms in total. The van der Waals surface area contributed by atoms with Crippen molar-refractivity contribution in [3.8, 4) is 33.8 Å². The van der Waals surface area contributed by atoms with Crippen molar-refractivity contribution in [1.82, 2.24) is 40.1 Å². The highest BCUT2D eigenvalue weighted by Gasteiger charge is 2.17. The molecule has 0 atom stereocenters. The van der Waals surface area contributed by atoms with E-state index in [9.17, 15) is 4.79 Å². The Morgan fingerprint density at radius 2 is 1.84 bits per heavy atom. The maximum absolute atomic E-state index is 12.2. The van der Waals surface area contributed by atoms with E-state index in [-0.39, 0.29) is 5.91 Å². The van der Waals surface area contributed by atoms with Gasteiger partial charge < -0.3 is 10.3 Å². The molecule has 0 aromatic carbocycles. The molecule has 0 saturated carbocycles. The first kappa shape index (κ1) is 22.5. The van der Waals surface area contributed by atoms with Crippen LogP contribution in [0.15, 0.2) is 67.6 Å². The van der Waals surface area contributed by atoms with Crippen LogP contribution in [0.4, 0.5) is 5.69 Å². The van der Waals surface area contributed by atoms with E-state index in [0.717, 1.165) is 51.5 Å². The van der Waals surface area contributed by atoms with Gasteiger partial charge in [-0.3, -0.25) is 24.8 Å². The van der Waals surface area contributed by atoms with Crippen LogP contribution in [-0.4, -0.2) is 46.0 Å². The molecule has 0 radical (unpaired) electrons. The fourth-order valence-electron chi connectivity index (χ4n) is 4.25. The average molecular weight is 490 g/mol. The molecule has 182 valence electrons. The number of rotatable bonds is 7. The zero-order chi connectivity index (χ0) is 25.2. The molecule has 0 fully saturated rings. The number of imidazole rings is 1. The second kappa shape index (κ2) is 9.57. The van der Waals surface area contributed by atoms with Crippen molar-refractivity contribution in [3.63, 3.8) is 0 Å². The lowest BCUT2D eigenvalue weighted by Crippen LogP contribution is -2.11. The third-order valence-electron chi connectivity index (χ3n) is 6.12. The topological polar surface area (TPSA) is 138 Å². The first-order valence-corrected chi connectivity index (χ1v) is 12.0. The average Bonchev–Trinajstić information content (AvgIpc) is 3.56. The lowest BCUT2D eigenvalue weighted by Gasteiger charge is -2.07. The van der Waals surface area contributed by atoms with Crippen LogP contribution in [0.2, 0.25) is 0 Å². The summed E-state index contributed by atoms with van der Waals surface area (Å²) < 4.78 is 0. The largest absolute Gasteiger partial charge is 0.335 e. The minimum atomic E-state index is -0.0171. The fourth-order valence-corrected chi connectivity index (χ4v) is 4.25. The molecule has 6 aromatic heterocycles. The number of amides is 1. The number of hydrogen-bond donors (Lipinski definition) is 3. The maximum atomic E-state index is 12.2. The maximum Gasteiger partial charge on any atom is 0.224 e.